The van der Waals surface area contributed by atoms with Crippen LogP contribution in [0.5, 0.6) is 0 Å². The molecule has 0 spiro atoms. The summed E-state index contributed by atoms with van der Waals surface area (Å²) in [5.74, 6) is -1.32. The molecule has 5 heteroatoms. The standard InChI is InChI=1S/C21H18F2N2S/c1-14-6-5-9-16(12-14)20(15-7-3-2-4-8-15)25-21(26)24-19-11-10-17(22)13-18(19)23/h2-13,20H,1H3,(H2,24,25,26). The van der Waals surface area contributed by atoms with Crippen LogP contribution in [0.4, 0.5) is 14.5 Å². The van der Waals surface area contributed by atoms with Crippen LogP contribution in [-0.4, -0.2) is 5.11 Å². The van der Waals surface area contributed by atoms with Gasteiger partial charge in [0.05, 0.1) is 11.7 Å². The minimum absolute atomic E-state index is 0.125. The van der Waals surface area contributed by atoms with Gasteiger partial charge < -0.3 is 10.6 Å². The fourth-order valence-corrected chi connectivity index (χ4v) is 2.96. The lowest BCUT2D eigenvalue weighted by atomic mass is 9.97. The highest BCUT2D eigenvalue weighted by Gasteiger charge is 2.16. The third kappa shape index (κ3) is 4.43. The van der Waals surface area contributed by atoms with Crippen molar-refractivity contribution in [3.63, 3.8) is 0 Å². The molecule has 0 saturated heterocycles. The fraction of sp³-hybridized carbons (Fsp3) is 0.0952. The Morgan fingerprint density at radius 2 is 1.62 bits per heavy atom. The first-order valence-corrected chi connectivity index (χ1v) is 8.58. The molecular weight excluding hydrogens is 350 g/mol. The molecule has 0 aliphatic heterocycles. The smallest absolute Gasteiger partial charge is 0.171 e. The topological polar surface area (TPSA) is 24.1 Å². The van der Waals surface area contributed by atoms with Gasteiger partial charge in [-0.25, -0.2) is 8.78 Å². The molecule has 132 valence electrons. The molecule has 0 aromatic heterocycles. The molecule has 0 bridgehead atoms. The van der Waals surface area contributed by atoms with Gasteiger partial charge in [-0.15, -0.1) is 0 Å². The molecule has 0 heterocycles. The first kappa shape index (κ1) is 18.0. The summed E-state index contributed by atoms with van der Waals surface area (Å²) >= 11 is 5.35. The molecule has 1 atom stereocenters. The summed E-state index contributed by atoms with van der Waals surface area (Å²) in [5.41, 5.74) is 3.33. The zero-order chi connectivity index (χ0) is 18.5. The van der Waals surface area contributed by atoms with E-state index in [4.69, 9.17) is 12.2 Å². The Hall–Kier alpha value is -2.79. The largest absolute Gasteiger partial charge is 0.352 e. The van der Waals surface area contributed by atoms with Crippen molar-refractivity contribution in [2.24, 2.45) is 0 Å². The minimum atomic E-state index is -0.694. The van der Waals surface area contributed by atoms with Crippen molar-refractivity contribution in [3.05, 3.63) is 101 Å². The summed E-state index contributed by atoms with van der Waals surface area (Å²) in [6, 6.07) is 21.1. The number of thiocarbonyl (C=S) groups is 1. The first-order chi connectivity index (χ1) is 12.5. The van der Waals surface area contributed by atoms with E-state index in [0.29, 0.717) is 0 Å². The van der Waals surface area contributed by atoms with E-state index in [0.717, 1.165) is 22.8 Å². The van der Waals surface area contributed by atoms with Gasteiger partial charge in [0.2, 0.25) is 0 Å². The monoisotopic (exact) mass is 368 g/mol. The van der Waals surface area contributed by atoms with Crippen molar-refractivity contribution in [1.29, 1.82) is 0 Å². The Kier molecular flexibility index (Phi) is 5.58. The van der Waals surface area contributed by atoms with E-state index in [1.54, 1.807) is 0 Å². The Bertz CT molecular complexity index is 913. The Morgan fingerprint density at radius 3 is 2.31 bits per heavy atom. The van der Waals surface area contributed by atoms with Crippen LogP contribution in [0.25, 0.3) is 0 Å². The van der Waals surface area contributed by atoms with E-state index in [1.165, 1.54) is 12.1 Å². The Labute approximate surface area is 156 Å². The van der Waals surface area contributed by atoms with Gasteiger partial charge in [-0.3, -0.25) is 0 Å². The number of hydrogen-bond acceptors (Lipinski definition) is 1. The molecule has 3 rings (SSSR count). The van der Waals surface area contributed by atoms with E-state index >= 15 is 0 Å². The quantitative estimate of drug-likeness (QED) is 0.607. The zero-order valence-corrected chi connectivity index (χ0v) is 15.0. The summed E-state index contributed by atoms with van der Waals surface area (Å²) in [7, 11) is 0. The van der Waals surface area contributed by atoms with Crippen molar-refractivity contribution in [1.82, 2.24) is 5.32 Å². The molecule has 0 aliphatic rings. The van der Waals surface area contributed by atoms with Crippen molar-refractivity contribution in [2.75, 3.05) is 5.32 Å². The molecule has 0 saturated carbocycles. The average molecular weight is 368 g/mol. The molecule has 0 aliphatic carbocycles. The highest BCUT2D eigenvalue weighted by molar-refractivity contribution is 7.80. The molecule has 2 N–H and O–H groups in total. The maximum absolute atomic E-state index is 13.9. The number of rotatable bonds is 4. The van der Waals surface area contributed by atoms with Crippen molar-refractivity contribution >= 4 is 23.0 Å². The highest BCUT2D eigenvalue weighted by Crippen LogP contribution is 2.23. The maximum Gasteiger partial charge on any atom is 0.171 e. The van der Waals surface area contributed by atoms with Crippen molar-refractivity contribution in [2.45, 2.75) is 13.0 Å². The lowest BCUT2D eigenvalue weighted by molar-refractivity contribution is 0.586. The third-order valence-corrected chi connectivity index (χ3v) is 4.18. The van der Waals surface area contributed by atoms with Crippen molar-refractivity contribution < 1.29 is 8.78 Å². The first-order valence-electron chi connectivity index (χ1n) is 8.17. The van der Waals surface area contributed by atoms with E-state index in [2.05, 4.69) is 16.7 Å². The van der Waals surface area contributed by atoms with Crippen LogP contribution in [0, 0.1) is 18.6 Å². The lowest BCUT2D eigenvalue weighted by Crippen LogP contribution is -2.33. The van der Waals surface area contributed by atoms with Crippen LogP contribution < -0.4 is 10.6 Å². The molecule has 2 nitrogen and oxygen atoms in total. The molecule has 0 fully saturated rings. The highest BCUT2D eigenvalue weighted by atomic mass is 32.1. The fourth-order valence-electron chi connectivity index (χ4n) is 2.73. The predicted molar refractivity (Wildman–Crippen MR) is 105 cm³/mol. The molecule has 3 aromatic rings. The SMILES string of the molecule is Cc1cccc(C(NC(=S)Nc2ccc(F)cc2F)c2ccccc2)c1. The zero-order valence-electron chi connectivity index (χ0n) is 14.2. The summed E-state index contributed by atoms with van der Waals surface area (Å²) < 4.78 is 26.9. The second kappa shape index (κ2) is 8.06. The van der Waals surface area contributed by atoms with E-state index in [9.17, 15) is 8.78 Å². The number of benzene rings is 3. The van der Waals surface area contributed by atoms with Gasteiger partial charge in [0, 0.05) is 6.07 Å². The number of hydrogen-bond donors (Lipinski definition) is 2. The molecular formula is C21H18F2N2S. The number of nitrogens with one attached hydrogen (secondary N) is 2. The van der Waals surface area contributed by atoms with Crippen molar-refractivity contribution in [3.8, 4) is 0 Å². The van der Waals surface area contributed by atoms with Crippen LogP contribution >= 0.6 is 12.2 Å². The van der Waals surface area contributed by atoms with Gasteiger partial charge in [-0.1, -0.05) is 60.2 Å². The van der Waals surface area contributed by atoms with Gasteiger partial charge in [-0.2, -0.15) is 0 Å². The van der Waals surface area contributed by atoms with E-state index < -0.39 is 11.6 Å². The molecule has 1 unspecified atom stereocenters. The second-order valence-electron chi connectivity index (χ2n) is 5.98. The maximum atomic E-state index is 13.9. The average Bonchev–Trinajstić information content (AvgIpc) is 2.63. The van der Waals surface area contributed by atoms with Gasteiger partial charge in [-0.05, 0) is 42.4 Å². The third-order valence-electron chi connectivity index (χ3n) is 3.96. The minimum Gasteiger partial charge on any atom is -0.352 e. The predicted octanol–water partition coefficient (Wildman–Crippen LogP) is 5.35. The number of halogens is 2. The van der Waals surface area contributed by atoms with E-state index in [1.807, 2.05) is 55.5 Å². The normalized spacial score (nSPS) is 11.7. The summed E-state index contributed by atoms with van der Waals surface area (Å²) in [4.78, 5) is 0. The Morgan fingerprint density at radius 1 is 0.885 bits per heavy atom. The summed E-state index contributed by atoms with van der Waals surface area (Å²) in [6.07, 6.45) is 0. The molecule has 0 radical (unpaired) electrons. The Balaban J connectivity index is 1.85. The van der Waals surface area contributed by atoms with Crippen LogP contribution in [0.15, 0.2) is 72.8 Å². The van der Waals surface area contributed by atoms with Crippen LogP contribution in [-0.2, 0) is 0 Å². The molecule has 0 amide bonds. The second-order valence-corrected chi connectivity index (χ2v) is 6.39. The van der Waals surface area contributed by atoms with Crippen LogP contribution in [0.3, 0.4) is 0 Å². The molecule has 26 heavy (non-hydrogen) atoms. The lowest BCUT2D eigenvalue weighted by Gasteiger charge is -2.22. The van der Waals surface area contributed by atoms with Crippen LogP contribution in [0.1, 0.15) is 22.7 Å². The number of aryl methyl sites for hydroxylation is 1. The van der Waals surface area contributed by atoms with Gasteiger partial charge in [0.25, 0.3) is 0 Å². The molecule has 3 aromatic carbocycles. The van der Waals surface area contributed by atoms with Gasteiger partial charge in [0.15, 0.2) is 5.11 Å². The summed E-state index contributed by atoms with van der Waals surface area (Å²) in [5, 5.41) is 6.28. The summed E-state index contributed by atoms with van der Waals surface area (Å²) in [6.45, 7) is 2.02. The van der Waals surface area contributed by atoms with Gasteiger partial charge in [0.1, 0.15) is 11.6 Å². The number of anilines is 1. The van der Waals surface area contributed by atoms with Crippen LogP contribution in [0.2, 0.25) is 0 Å². The van der Waals surface area contributed by atoms with Gasteiger partial charge >= 0.3 is 0 Å². The van der Waals surface area contributed by atoms with E-state index in [-0.39, 0.29) is 16.8 Å².